The van der Waals surface area contributed by atoms with Crippen molar-refractivity contribution in [1.29, 1.82) is 0 Å². The summed E-state index contributed by atoms with van der Waals surface area (Å²) in [5, 5.41) is 2.44. The van der Waals surface area contributed by atoms with Gasteiger partial charge >= 0.3 is 6.03 Å². The Balaban J connectivity index is 2.23. The largest absolute Gasteiger partial charge is 0.358 e. The van der Waals surface area contributed by atoms with Crippen molar-refractivity contribution in [3.8, 4) is 0 Å². The number of nitrogens with one attached hydrogen (secondary N) is 1. The molecular weight excluding hydrogens is 234 g/mol. The maximum Gasteiger partial charge on any atom is 0.327 e. The molecule has 18 heavy (non-hydrogen) atoms. The number of nitrogens with zero attached hydrogens (tertiary/aromatic N) is 2. The molecular formula is C12H19N3O3. The Bertz CT molecular complexity index is 388. The highest BCUT2D eigenvalue weighted by Crippen LogP contribution is 2.39. The van der Waals surface area contributed by atoms with E-state index >= 15 is 0 Å². The number of rotatable bonds is 2. The van der Waals surface area contributed by atoms with Crippen molar-refractivity contribution in [2.45, 2.75) is 37.6 Å². The molecule has 0 aromatic rings. The third-order valence-electron chi connectivity index (χ3n) is 4.06. The molecule has 1 aliphatic carbocycles. The summed E-state index contributed by atoms with van der Waals surface area (Å²) in [6.45, 7) is -0.180. The monoisotopic (exact) mass is 253 g/mol. The van der Waals surface area contributed by atoms with E-state index in [4.69, 9.17) is 0 Å². The van der Waals surface area contributed by atoms with Crippen LogP contribution in [0.2, 0.25) is 0 Å². The highest BCUT2D eigenvalue weighted by Gasteiger charge is 2.55. The van der Waals surface area contributed by atoms with Gasteiger partial charge < -0.3 is 10.2 Å². The second-order valence-electron chi connectivity index (χ2n) is 5.00. The smallest absolute Gasteiger partial charge is 0.327 e. The fourth-order valence-electron chi connectivity index (χ4n) is 2.89. The van der Waals surface area contributed by atoms with Gasteiger partial charge in [-0.15, -0.1) is 0 Å². The van der Waals surface area contributed by atoms with Gasteiger partial charge in [0.25, 0.3) is 5.91 Å². The van der Waals surface area contributed by atoms with Gasteiger partial charge in [0.2, 0.25) is 5.91 Å². The van der Waals surface area contributed by atoms with Crippen LogP contribution < -0.4 is 5.32 Å². The van der Waals surface area contributed by atoms with E-state index in [9.17, 15) is 14.4 Å². The van der Waals surface area contributed by atoms with Crippen molar-refractivity contribution in [2.24, 2.45) is 0 Å². The van der Waals surface area contributed by atoms with Crippen LogP contribution in [-0.4, -0.2) is 53.8 Å². The summed E-state index contributed by atoms with van der Waals surface area (Å²) in [4.78, 5) is 38.5. The molecule has 1 saturated carbocycles. The summed E-state index contributed by atoms with van der Waals surface area (Å²) in [6, 6.07) is -0.356. The Morgan fingerprint density at radius 2 is 1.89 bits per heavy atom. The quantitative estimate of drug-likeness (QED) is 0.721. The molecule has 2 fully saturated rings. The first-order valence-electron chi connectivity index (χ1n) is 6.33. The summed E-state index contributed by atoms with van der Waals surface area (Å²) < 4.78 is 0. The van der Waals surface area contributed by atoms with Crippen molar-refractivity contribution < 1.29 is 14.4 Å². The van der Waals surface area contributed by atoms with E-state index in [0.717, 1.165) is 24.2 Å². The minimum Gasteiger partial charge on any atom is -0.358 e. The van der Waals surface area contributed by atoms with E-state index in [1.54, 1.807) is 7.05 Å². The van der Waals surface area contributed by atoms with Gasteiger partial charge in [-0.1, -0.05) is 19.3 Å². The second-order valence-corrected chi connectivity index (χ2v) is 5.00. The molecule has 0 aromatic heterocycles. The molecule has 0 aromatic carbocycles. The minimum absolute atomic E-state index is 0.180. The summed E-state index contributed by atoms with van der Waals surface area (Å²) in [5.41, 5.74) is -0.691. The molecule has 0 atom stereocenters. The lowest BCUT2D eigenvalue weighted by molar-refractivity contribution is -0.137. The van der Waals surface area contributed by atoms with Crippen molar-refractivity contribution in [3.05, 3.63) is 0 Å². The Morgan fingerprint density at radius 3 is 2.44 bits per heavy atom. The third kappa shape index (κ3) is 1.76. The van der Waals surface area contributed by atoms with Crippen LogP contribution in [0.15, 0.2) is 0 Å². The SMILES string of the molecule is CNC(=O)CN1C(=O)N(C)C2(CCCCC2)C1=O. The van der Waals surface area contributed by atoms with Gasteiger partial charge in [-0.3, -0.25) is 14.5 Å². The van der Waals surface area contributed by atoms with Crippen molar-refractivity contribution in [1.82, 2.24) is 15.1 Å². The zero-order valence-electron chi connectivity index (χ0n) is 10.9. The van der Waals surface area contributed by atoms with Crippen LogP contribution in [-0.2, 0) is 9.59 Å². The molecule has 1 N–H and O–H groups in total. The summed E-state index contributed by atoms with van der Waals surface area (Å²) in [6.07, 6.45) is 4.43. The molecule has 2 rings (SSSR count). The molecule has 0 unspecified atom stereocenters. The zero-order chi connectivity index (χ0) is 13.3. The number of imide groups is 1. The fourth-order valence-corrected chi connectivity index (χ4v) is 2.89. The molecule has 1 saturated heterocycles. The van der Waals surface area contributed by atoms with Gasteiger partial charge in [0.15, 0.2) is 0 Å². The molecule has 4 amide bonds. The summed E-state index contributed by atoms with van der Waals surface area (Å²) >= 11 is 0. The standard InChI is InChI=1S/C12H19N3O3/c1-13-9(16)8-15-10(17)12(14(2)11(15)18)6-4-3-5-7-12/h3-8H2,1-2H3,(H,13,16). The molecule has 1 aliphatic heterocycles. The number of hydrogen-bond acceptors (Lipinski definition) is 3. The first-order chi connectivity index (χ1) is 8.53. The van der Waals surface area contributed by atoms with Gasteiger partial charge in [-0.05, 0) is 12.8 Å². The zero-order valence-corrected chi connectivity index (χ0v) is 10.9. The van der Waals surface area contributed by atoms with E-state index in [-0.39, 0.29) is 24.4 Å². The lowest BCUT2D eigenvalue weighted by Crippen LogP contribution is -2.49. The van der Waals surface area contributed by atoms with Crippen molar-refractivity contribution >= 4 is 17.8 Å². The molecule has 6 nitrogen and oxygen atoms in total. The molecule has 1 heterocycles. The van der Waals surface area contributed by atoms with Crippen molar-refractivity contribution in [2.75, 3.05) is 20.6 Å². The normalized spacial score (nSPS) is 22.8. The molecule has 100 valence electrons. The number of carbonyl (C=O) groups is 3. The average Bonchev–Trinajstić information content (AvgIpc) is 2.56. The Kier molecular flexibility index (Phi) is 3.28. The molecule has 1 spiro atoms. The van der Waals surface area contributed by atoms with Gasteiger partial charge in [0, 0.05) is 14.1 Å². The van der Waals surface area contributed by atoms with Crippen LogP contribution in [0, 0.1) is 0 Å². The topological polar surface area (TPSA) is 69.7 Å². The number of carbonyl (C=O) groups excluding carboxylic acids is 3. The lowest BCUT2D eigenvalue weighted by Gasteiger charge is -2.35. The van der Waals surface area contributed by atoms with Gasteiger partial charge in [0.1, 0.15) is 12.1 Å². The Morgan fingerprint density at radius 1 is 1.28 bits per heavy atom. The predicted molar refractivity (Wildman–Crippen MR) is 64.8 cm³/mol. The summed E-state index contributed by atoms with van der Waals surface area (Å²) in [5.74, 6) is -0.531. The maximum absolute atomic E-state index is 12.4. The van der Waals surface area contributed by atoms with Crippen molar-refractivity contribution in [3.63, 3.8) is 0 Å². The molecule has 6 heteroatoms. The van der Waals surface area contributed by atoms with Gasteiger partial charge in [0.05, 0.1) is 0 Å². The molecule has 2 aliphatic rings. The minimum atomic E-state index is -0.691. The van der Waals surface area contributed by atoms with E-state index < -0.39 is 5.54 Å². The summed E-state index contributed by atoms with van der Waals surface area (Å²) in [7, 11) is 3.16. The van der Waals surface area contributed by atoms with E-state index in [0.29, 0.717) is 12.8 Å². The highest BCUT2D eigenvalue weighted by atomic mass is 16.2. The average molecular weight is 253 g/mol. The van der Waals surface area contributed by atoms with Crippen LogP contribution in [0.25, 0.3) is 0 Å². The van der Waals surface area contributed by atoms with E-state index in [2.05, 4.69) is 5.32 Å². The van der Waals surface area contributed by atoms with E-state index in [1.807, 2.05) is 0 Å². The highest BCUT2D eigenvalue weighted by molar-refractivity contribution is 6.08. The molecule has 0 radical (unpaired) electrons. The fraction of sp³-hybridized carbons (Fsp3) is 0.750. The number of likely N-dealkylation sites (N-methyl/N-ethyl adjacent to an activating group) is 2. The second kappa shape index (κ2) is 4.59. The Labute approximate surface area is 106 Å². The number of urea groups is 1. The number of amides is 4. The Hall–Kier alpha value is -1.59. The van der Waals surface area contributed by atoms with Gasteiger partial charge in [-0.2, -0.15) is 0 Å². The van der Waals surface area contributed by atoms with Crippen LogP contribution >= 0.6 is 0 Å². The van der Waals surface area contributed by atoms with Crippen LogP contribution in [0.5, 0.6) is 0 Å². The first-order valence-corrected chi connectivity index (χ1v) is 6.33. The molecule has 0 bridgehead atoms. The lowest BCUT2D eigenvalue weighted by atomic mass is 9.81. The predicted octanol–water partition coefficient (Wildman–Crippen LogP) is 0.329. The first kappa shape index (κ1) is 12.9. The van der Waals surface area contributed by atoms with Crippen LogP contribution in [0.4, 0.5) is 4.79 Å². The number of hydrogen-bond donors (Lipinski definition) is 1. The van der Waals surface area contributed by atoms with E-state index in [1.165, 1.54) is 11.9 Å². The van der Waals surface area contributed by atoms with Crippen LogP contribution in [0.1, 0.15) is 32.1 Å². The third-order valence-corrected chi connectivity index (χ3v) is 4.06. The maximum atomic E-state index is 12.4. The van der Waals surface area contributed by atoms with Crippen LogP contribution in [0.3, 0.4) is 0 Å². The van der Waals surface area contributed by atoms with Gasteiger partial charge in [-0.25, -0.2) is 4.79 Å².